The van der Waals surface area contributed by atoms with Crippen molar-refractivity contribution in [2.45, 2.75) is 23.2 Å². The highest BCUT2D eigenvalue weighted by atomic mass is 35.5. The van der Waals surface area contributed by atoms with Crippen LogP contribution in [0.4, 0.5) is 5.69 Å². The number of nitrogens with one attached hydrogen (secondary N) is 2. The number of amides is 2. The molecule has 24 heavy (non-hydrogen) atoms. The molecule has 0 saturated carbocycles. The minimum absolute atomic E-state index is 0.0351. The molecule has 1 unspecified atom stereocenters. The summed E-state index contributed by atoms with van der Waals surface area (Å²) in [6.45, 7) is 0.276. The molecular weight excluding hydrogens is 348 g/mol. The van der Waals surface area contributed by atoms with Crippen LogP contribution in [0.15, 0.2) is 53.4 Å². The lowest BCUT2D eigenvalue weighted by Gasteiger charge is -2.23. The number of anilines is 1. The molecule has 0 spiro atoms. The van der Waals surface area contributed by atoms with Gasteiger partial charge in [0.15, 0.2) is 0 Å². The fourth-order valence-electron chi connectivity index (χ4n) is 2.24. The lowest BCUT2D eigenvalue weighted by molar-refractivity contribution is -0.135. The van der Waals surface area contributed by atoms with Gasteiger partial charge in [-0.05, 0) is 23.8 Å². The van der Waals surface area contributed by atoms with Crippen LogP contribution in [0.2, 0.25) is 5.02 Å². The lowest BCUT2D eigenvalue weighted by atomic mass is 10.2. The molecule has 0 fully saturated rings. The number of thioether (sulfide) groups is 1. The Hall–Kier alpha value is -2.02. The Balaban J connectivity index is 1.51. The van der Waals surface area contributed by atoms with E-state index in [0.29, 0.717) is 10.7 Å². The summed E-state index contributed by atoms with van der Waals surface area (Å²) in [7, 11) is 0. The van der Waals surface area contributed by atoms with Gasteiger partial charge in [-0.15, -0.1) is 11.8 Å². The van der Waals surface area contributed by atoms with Crippen LogP contribution in [-0.2, 0) is 21.0 Å². The maximum Gasteiger partial charge on any atom is 0.245 e. The van der Waals surface area contributed by atoms with E-state index in [4.69, 9.17) is 16.4 Å². The summed E-state index contributed by atoms with van der Waals surface area (Å²) in [5, 5.41) is 2.83. The molecule has 2 aromatic rings. The van der Waals surface area contributed by atoms with Gasteiger partial charge in [0, 0.05) is 16.3 Å². The summed E-state index contributed by atoms with van der Waals surface area (Å²) in [6, 6.07) is 14.8. The van der Waals surface area contributed by atoms with Crippen molar-refractivity contribution in [1.82, 2.24) is 5.48 Å². The number of hydrogen-bond acceptors (Lipinski definition) is 4. The summed E-state index contributed by atoms with van der Waals surface area (Å²) < 4.78 is 0. The fraction of sp³-hybridized carbons (Fsp3) is 0.176. The molecule has 2 amide bonds. The Bertz CT molecular complexity index is 755. The first-order valence-electron chi connectivity index (χ1n) is 7.33. The Morgan fingerprint density at radius 1 is 1.25 bits per heavy atom. The van der Waals surface area contributed by atoms with Crippen LogP contribution in [0, 0.1) is 0 Å². The average Bonchev–Trinajstić information content (AvgIpc) is 2.57. The Labute approximate surface area is 148 Å². The van der Waals surface area contributed by atoms with Crippen LogP contribution < -0.4 is 10.8 Å². The molecule has 124 valence electrons. The molecule has 0 bridgehead atoms. The van der Waals surface area contributed by atoms with Gasteiger partial charge in [-0.3, -0.25) is 14.4 Å². The Morgan fingerprint density at radius 2 is 2.04 bits per heavy atom. The molecule has 3 rings (SSSR count). The van der Waals surface area contributed by atoms with E-state index in [1.165, 1.54) is 11.8 Å². The molecule has 5 nitrogen and oxygen atoms in total. The van der Waals surface area contributed by atoms with Crippen molar-refractivity contribution < 1.29 is 14.4 Å². The van der Waals surface area contributed by atoms with Crippen molar-refractivity contribution in [3.8, 4) is 0 Å². The largest absolute Gasteiger partial charge is 0.324 e. The van der Waals surface area contributed by atoms with Gasteiger partial charge in [-0.2, -0.15) is 0 Å². The topological polar surface area (TPSA) is 67.4 Å². The van der Waals surface area contributed by atoms with Gasteiger partial charge >= 0.3 is 0 Å². The number of hydrogen-bond donors (Lipinski definition) is 2. The van der Waals surface area contributed by atoms with Crippen molar-refractivity contribution in [2.24, 2.45) is 0 Å². The van der Waals surface area contributed by atoms with Gasteiger partial charge in [-0.1, -0.05) is 41.9 Å². The third-order valence-electron chi connectivity index (χ3n) is 3.40. The first kappa shape index (κ1) is 16.8. The highest BCUT2D eigenvalue weighted by Gasteiger charge is 2.29. The van der Waals surface area contributed by atoms with Crippen molar-refractivity contribution in [1.29, 1.82) is 0 Å². The molecule has 2 aromatic carbocycles. The summed E-state index contributed by atoms with van der Waals surface area (Å²) in [4.78, 5) is 30.1. The molecule has 0 aromatic heterocycles. The van der Waals surface area contributed by atoms with Gasteiger partial charge in [0.05, 0.1) is 17.5 Å². The van der Waals surface area contributed by atoms with E-state index in [1.54, 1.807) is 12.1 Å². The summed E-state index contributed by atoms with van der Waals surface area (Å²) in [5.74, 6) is -0.552. The maximum atomic E-state index is 12.1. The highest BCUT2D eigenvalue weighted by molar-refractivity contribution is 8.01. The van der Waals surface area contributed by atoms with E-state index in [0.717, 1.165) is 10.5 Å². The fourth-order valence-corrected chi connectivity index (χ4v) is 3.50. The molecule has 0 aliphatic carbocycles. The molecule has 0 saturated heterocycles. The molecule has 7 heteroatoms. The van der Waals surface area contributed by atoms with Gasteiger partial charge in [0.25, 0.3) is 0 Å². The van der Waals surface area contributed by atoms with Crippen molar-refractivity contribution >= 4 is 40.9 Å². The predicted molar refractivity (Wildman–Crippen MR) is 93.7 cm³/mol. The molecule has 1 aliphatic heterocycles. The standard InChI is InChI=1S/C17H15ClN2O3S/c18-12-6-7-14-13(8-12)19-17(22)15(24-14)9-16(21)20-23-10-11-4-2-1-3-5-11/h1-8,15H,9-10H2,(H,19,22)(H,20,21). The number of fused-ring (bicyclic) bond motifs is 1. The van der Waals surface area contributed by atoms with Crippen LogP contribution in [0.25, 0.3) is 0 Å². The summed E-state index contributed by atoms with van der Waals surface area (Å²) in [6.07, 6.45) is 0.0351. The average molecular weight is 363 g/mol. The van der Waals surface area contributed by atoms with Gasteiger partial charge in [0.2, 0.25) is 11.8 Å². The van der Waals surface area contributed by atoms with Gasteiger partial charge in [-0.25, -0.2) is 5.48 Å². The summed E-state index contributed by atoms with van der Waals surface area (Å²) >= 11 is 7.26. The number of halogens is 1. The lowest BCUT2D eigenvalue weighted by Crippen LogP contribution is -2.34. The van der Waals surface area contributed by atoms with Gasteiger partial charge < -0.3 is 5.32 Å². The van der Waals surface area contributed by atoms with E-state index in [9.17, 15) is 9.59 Å². The number of benzene rings is 2. The molecule has 2 N–H and O–H groups in total. The maximum absolute atomic E-state index is 12.1. The van der Waals surface area contributed by atoms with Crippen LogP contribution in [-0.4, -0.2) is 17.1 Å². The molecule has 1 heterocycles. The highest BCUT2D eigenvalue weighted by Crippen LogP contribution is 2.38. The first-order valence-corrected chi connectivity index (χ1v) is 8.59. The second-order valence-corrected chi connectivity index (χ2v) is 6.92. The second-order valence-electron chi connectivity index (χ2n) is 5.24. The van der Waals surface area contributed by atoms with E-state index in [2.05, 4.69) is 10.8 Å². The minimum Gasteiger partial charge on any atom is -0.324 e. The quantitative estimate of drug-likeness (QED) is 0.800. The van der Waals surface area contributed by atoms with Crippen LogP contribution in [0.1, 0.15) is 12.0 Å². The zero-order valence-electron chi connectivity index (χ0n) is 12.6. The van der Waals surface area contributed by atoms with Crippen molar-refractivity contribution in [3.05, 3.63) is 59.1 Å². The predicted octanol–water partition coefficient (Wildman–Crippen LogP) is 3.39. The van der Waals surface area contributed by atoms with Crippen molar-refractivity contribution in [3.63, 3.8) is 0 Å². The summed E-state index contributed by atoms with van der Waals surface area (Å²) in [5.41, 5.74) is 4.01. The zero-order chi connectivity index (χ0) is 16.9. The molecule has 0 radical (unpaired) electrons. The van der Waals surface area contributed by atoms with E-state index in [-0.39, 0.29) is 24.8 Å². The van der Waals surface area contributed by atoms with E-state index in [1.807, 2.05) is 36.4 Å². The monoisotopic (exact) mass is 362 g/mol. The normalized spacial score (nSPS) is 16.2. The smallest absolute Gasteiger partial charge is 0.245 e. The number of hydroxylamine groups is 1. The second kappa shape index (κ2) is 7.70. The van der Waals surface area contributed by atoms with Crippen LogP contribution >= 0.6 is 23.4 Å². The zero-order valence-corrected chi connectivity index (χ0v) is 14.2. The Kier molecular flexibility index (Phi) is 5.40. The van der Waals surface area contributed by atoms with Crippen LogP contribution in [0.5, 0.6) is 0 Å². The molecule has 1 aliphatic rings. The third kappa shape index (κ3) is 4.29. The minimum atomic E-state index is -0.501. The number of rotatable bonds is 5. The molecular formula is C17H15ClN2O3S. The third-order valence-corrected chi connectivity index (χ3v) is 4.91. The Morgan fingerprint density at radius 3 is 2.83 bits per heavy atom. The van der Waals surface area contributed by atoms with Gasteiger partial charge in [0.1, 0.15) is 0 Å². The number of carbonyl (C=O) groups is 2. The van der Waals surface area contributed by atoms with E-state index < -0.39 is 5.25 Å². The van der Waals surface area contributed by atoms with Crippen LogP contribution in [0.3, 0.4) is 0 Å². The number of carbonyl (C=O) groups excluding carboxylic acids is 2. The van der Waals surface area contributed by atoms with E-state index >= 15 is 0 Å². The van der Waals surface area contributed by atoms with Crippen molar-refractivity contribution in [2.75, 3.05) is 5.32 Å². The SMILES string of the molecule is O=C(CC1Sc2ccc(Cl)cc2NC1=O)NOCc1ccccc1. The first-order chi connectivity index (χ1) is 11.6. The molecule has 1 atom stereocenters.